The first-order valence-electron chi connectivity index (χ1n) is 11.7. The van der Waals surface area contributed by atoms with Crippen LogP contribution < -0.4 is 11.1 Å². The second-order valence-corrected chi connectivity index (χ2v) is 11.1. The minimum atomic E-state index is -0.662. The third-order valence-corrected chi connectivity index (χ3v) is 7.71. The number of halogens is 1. The molecule has 3 amide bonds. The van der Waals surface area contributed by atoms with E-state index >= 15 is 0 Å². The molecule has 0 radical (unpaired) electrons. The van der Waals surface area contributed by atoms with Crippen LogP contribution in [0.3, 0.4) is 0 Å². The molecule has 33 heavy (non-hydrogen) atoms. The Bertz CT molecular complexity index is 1140. The number of nitrogens with zero attached hydrogens (tertiary/aromatic N) is 3. The van der Waals surface area contributed by atoms with Crippen molar-refractivity contribution in [3.63, 3.8) is 0 Å². The van der Waals surface area contributed by atoms with Crippen LogP contribution in [0.1, 0.15) is 62.9 Å². The van der Waals surface area contributed by atoms with Gasteiger partial charge in [0.2, 0.25) is 11.8 Å². The number of hydrogen-bond donors (Lipinski definition) is 2. The molecule has 2 aromatic rings. The smallest absolute Gasteiger partial charge is 0.269 e. The molecule has 2 aliphatic carbocycles. The number of hydrogen-bond acceptors (Lipinski definition) is 4. The first-order chi connectivity index (χ1) is 15.6. The molecule has 2 saturated carbocycles. The van der Waals surface area contributed by atoms with Crippen molar-refractivity contribution in [2.75, 3.05) is 0 Å². The zero-order chi connectivity index (χ0) is 23.5. The van der Waals surface area contributed by atoms with E-state index in [0.29, 0.717) is 28.3 Å². The van der Waals surface area contributed by atoms with E-state index in [1.807, 2.05) is 0 Å². The molecule has 0 spiro atoms. The Labute approximate surface area is 197 Å². The van der Waals surface area contributed by atoms with Crippen molar-refractivity contribution in [3.05, 3.63) is 28.9 Å². The number of likely N-dealkylation sites (tertiary alicyclic amines) is 1. The highest BCUT2D eigenvalue weighted by molar-refractivity contribution is 6.31. The van der Waals surface area contributed by atoms with Gasteiger partial charge in [-0.25, -0.2) is 0 Å². The average molecular weight is 472 g/mol. The van der Waals surface area contributed by atoms with Crippen molar-refractivity contribution >= 4 is 40.2 Å². The summed E-state index contributed by atoms with van der Waals surface area (Å²) in [5.41, 5.74) is 6.39. The molecule has 5 rings (SSSR count). The zero-order valence-corrected chi connectivity index (χ0v) is 19.8. The van der Waals surface area contributed by atoms with Gasteiger partial charge in [0.1, 0.15) is 12.6 Å². The van der Waals surface area contributed by atoms with Gasteiger partial charge in [-0.15, -0.1) is 0 Å². The fraction of sp³-hybridized carbons (Fsp3) is 0.583. The Hall–Kier alpha value is -2.61. The van der Waals surface area contributed by atoms with Crippen molar-refractivity contribution in [2.45, 2.75) is 77.0 Å². The van der Waals surface area contributed by atoms with E-state index in [1.165, 1.54) is 11.1 Å². The molecule has 176 valence electrons. The third kappa shape index (κ3) is 4.21. The lowest BCUT2D eigenvalue weighted by atomic mass is 9.75. The number of rotatable bonds is 5. The standard InChI is InChI=1S/C24H30ClN5O3/c1-24(2)7-3-4-15(11-24)27-23(33)19-9-13-8-17(13)30(19)20(31)12-29-18-10-14(25)5-6-16(18)21(28-29)22(26)32/h5-6,10,13,15,17,19H,3-4,7-9,11-12H2,1-2H3,(H2,26,32)(H,27,33)/t13-,15?,17-,19+/m1/s1. The zero-order valence-electron chi connectivity index (χ0n) is 19.0. The Morgan fingerprint density at radius 1 is 1.27 bits per heavy atom. The highest BCUT2D eigenvalue weighted by Crippen LogP contribution is 2.48. The second kappa shape index (κ2) is 8.01. The second-order valence-electron chi connectivity index (χ2n) is 10.6. The quantitative estimate of drug-likeness (QED) is 0.698. The Morgan fingerprint density at radius 3 is 2.79 bits per heavy atom. The predicted molar refractivity (Wildman–Crippen MR) is 125 cm³/mol. The molecule has 8 nitrogen and oxygen atoms in total. The fourth-order valence-electron chi connectivity index (χ4n) is 5.83. The van der Waals surface area contributed by atoms with Crippen molar-refractivity contribution < 1.29 is 14.4 Å². The Balaban J connectivity index is 1.34. The Kier molecular flexibility index (Phi) is 5.39. The summed E-state index contributed by atoms with van der Waals surface area (Å²) in [7, 11) is 0. The minimum absolute atomic E-state index is 0.0514. The predicted octanol–water partition coefficient (Wildman–Crippen LogP) is 2.86. The molecule has 1 aromatic heterocycles. The molecule has 1 saturated heterocycles. The van der Waals surface area contributed by atoms with Crippen LogP contribution in [0.15, 0.2) is 18.2 Å². The molecule has 1 unspecified atom stereocenters. The van der Waals surface area contributed by atoms with Gasteiger partial charge in [-0.3, -0.25) is 19.1 Å². The van der Waals surface area contributed by atoms with E-state index in [9.17, 15) is 14.4 Å². The molecule has 2 heterocycles. The summed E-state index contributed by atoms with van der Waals surface area (Å²) in [6.07, 6.45) is 5.86. The lowest BCUT2D eigenvalue weighted by Crippen LogP contribution is -2.52. The molecular formula is C24H30ClN5O3. The van der Waals surface area contributed by atoms with Gasteiger partial charge in [-0.2, -0.15) is 5.10 Å². The molecule has 1 aromatic carbocycles. The molecule has 3 fully saturated rings. The summed E-state index contributed by atoms with van der Waals surface area (Å²) in [5.74, 6) is -0.504. The first-order valence-corrected chi connectivity index (χ1v) is 12.1. The number of nitrogens with one attached hydrogen (secondary N) is 1. The van der Waals surface area contributed by atoms with Crippen LogP contribution in [0.25, 0.3) is 10.9 Å². The van der Waals surface area contributed by atoms with E-state index in [1.54, 1.807) is 23.1 Å². The number of carbonyl (C=O) groups is 3. The average Bonchev–Trinajstić information content (AvgIpc) is 3.24. The lowest BCUT2D eigenvalue weighted by Gasteiger charge is -2.36. The third-order valence-electron chi connectivity index (χ3n) is 7.48. The summed E-state index contributed by atoms with van der Waals surface area (Å²) in [4.78, 5) is 40.2. The maximum Gasteiger partial charge on any atom is 0.269 e. The summed E-state index contributed by atoms with van der Waals surface area (Å²) in [6.45, 7) is 4.41. The van der Waals surface area contributed by atoms with Crippen LogP contribution in [0.4, 0.5) is 0 Å². The largest absolute Gasteiger partial charge is 0.364 e. The molecule has 1 aliphatic heterocycles. The van der Waals surface area contributed by atoms with Crippen molar-refractivity contribution in [1.29, 1.82) is 0 Å². The number of nitrogens with two attached hydrogens (primary N) is 1. The number of piperidine rings is 1. The number of fused-ring (bicyclic) bond motifs is 2. The number of amides is 3. The van der Waals surface area contributed by atoms with Crippen molar-refractivity contribution in [1.82, 2.24) is 20.0 Å². The summed E-state index contributed by atoms with van der Waals surface area (Å²) >= 11 is 6.14. The van der Waals surface area contributed by atoms with E-state index < -0.39 is 11.9 Å². The number of primary amides is 1. The van der Waals surface area contributed by atoms with Crippen LogP contribution in [0.2, 0.25) is 5.02 Å². The van der Waals surface area contributed by atoms with Crippen LogP contribution >= 0.6 is 11.6 Å². The molecule has 0 bridgehead atoms. The monoisotopic (exact) mass is 471 g/mol. The number of carbonyl (C=O) groups excluding carboxylic acids is 3. The van der Waals surface area contributed by atoms with Crippen LogP contribution in [-0.2, 0) is 16.1 Å². The summed E-state index contributed by atoms with van der Waals surface area (Å²) < 4.78 is 1.47. The normalized spacial score (nSPS) is 27.9. The maximum absolute atomic E-state index is 13.4. The van der Waals surface area contributed by atoms with Gasteiger partial charge in [0.05, 0.1) is 5.52 Å². The molecule has 9 heteroatoms. The Morgan fingerprint density at radius 2 is 2.06 bits per heavy atom. The van der Waals surface area contributed by atoms with Gasteiger partial charge in [0.25, 0.3) is 5.91 Å². The van der Waals surface area contributed by atoms with Crippen molar-refractivity contribution in [2.24, 2.45) is 17.1 Å². The molecule has 3 N–H and O–H groups in total. The molecular weight excluding hydrogens is 442 g/mol. The van der Waals surface area contributed by atoms with Gasteiger partial charge >= 0.3 is 0 Å². The van der Waals surface area contributed by atoms with Gasteiger partial charge in [-0.1, -0.05) is 31.9 Å². The van der Waals surface area contributed by atoms with E-state index in [0.717, 1.165) is 25.7 Å². The molecule has 4 atom stereocenters. The lowest BCUT2D eigenvalue weighted by molar-refractivity contribution is -0.140. The summed E-state index contributed by atoms with van der Waals surface area (Å²) in [6, 6.07) is 4.82. The highest BCUT2D eigenvalue weighted by Gasteiger charge is 2.56. The van der Waals surface area contributed by atoms with E-state index in [4.69, 9.17) is 17.3 Å². The van der Waals surface area contributed by atoms with Gasteiger partial charge < -0.3 is 16.0 Å². The van der Waals surface area contributed by atoms with Gasteiger partial charge in [0, 0.05) is 22.5 Å². The number of aromatic nitrogens is 2. The van der Waals surface area contributed by atoms with Gasteiger partial charge in [-0.05, 0) is 61.6 Å². The fourth-order valence-corrected chi connectivity index (χ4v) is 5.99. The van der Waals surface area contributed by atoms with Crippen LogP contribution in [0.5, 0.6) is 0 Å². The van der Waals surface area contributed by atoms with Gasteiger partial charge in [0.15, 0.2) is 5.69 Å². The van der Waals surface area contributed by atoms with Crippen LogP contribution in [-0.4, -0.2) is 50.5 Å². The van der Waals surface area contributed by atoms with Crippen molar-refractivity contribution in [3.8, 4) is 0 Å². The molecule has 3 aliphatic rings. The highest BCUT2D eigenvalue weighted by atomic mass is 35.5. The van der Waals surface area contributed by atoms with Crippen LogP contribution in [0, 0.1) is 11.3 Å². The summed E-state index contributed by atoms with van der Waals surface area (Å²) in [5, 5.41) is 8.55. The minimum Gasteiger partial charge on any atom is -0.364 e. The number of benzene rings is 1. The van der Waals surface area contributed by atoms with E-state index in [-0.39, 0.29) is 41.6 Å². The first kappa shape index (κ1) is 22.2. The topological polar surface area (TPSA) is 110 Å². The van der Waals surface area contributed by atoms with E-state index in [2.05, 4.69) is 24.3 Å². The maximum atomic E-state index is 13.4. The SMILES string of the molecule is CC1(C)CCCC(NC(=O)[C@@H]2C[C@H]3C[C@H]3N2C(=O)Cn2nc(C(N)=O)c3ccc(Cl)cc32)C1.